The van der Waals surface area contributed by atoms with Gasteiger partial charge in [0.15, 0.2) is 5.82 Å². The van der Waals surface area contributed by atoms with Gasteiger partial charge in [0.2, 0.25) is 11.9 Å². The van der Waals surface area contributed by atoms with Gasteiger partial charge in [-0.2, -0.15) is 0 Å². The Kier molecular flexibility index (Phi) is 6.30. The fraction of sp³-hybridized carbons (Fsp3) is 0.100. The van der Waals surface area contributed by atoms with Crippen molar-refractivity contribution in [2.24, 2.45) is 0 Å². The molecule has 39 heavy (non-hydrogen) atoms. The second kappa shape index (κ2) is 10.2. The minimum atomic E-state index is -0.819. The van der Waals surface area contributed by atoms with Crippen molar-refractivity contribution in [2.45, 2.75) is 19.4 Å². The van der Waals surface area contributed by atoms with Crippen molar-refractivity contribution in [3.8, 4) is 11.5 Å². The molecule has 2 amide bonds. The highest BCUT2D eigenvalue weighted by molar-refractivity contribution is 6.02. The van der Waals surface area contributed by atoms with Gasteiger partial charge in [-0.1, -0.05) is 54.1 Å². The van der Waals surface area contributed by atoms with E-state index >= 15 is 0 Å². The van der Waals surface area contributed by atoms with Crippen molar-refractivity contribution < 1.29 is 9.59 Å². The van der Waals surface area contributed by atoms with Crippen molar-refractivity contribution in [3.05, 3.63) is 108 Å². The molecule has 9 nitrogen and oxygen atoms in total. The Balaban J connectivity index is 1.25. The maximum atomic E-state index is 13.3. The molecular weight excluding hydrogens is 490 g/mol. The van der Waals surface area contributed by atoms with E-state index in [0.29, 0.717) is 40.5 Å². The van der Waals surface area contributed by atoms with Crippen molar-refractivity contribution >= 4 is 39.6 Å². The number of hydrogen-bond acceptors (Lipinski definition) is 5. The van der Waals surface area contributed by atoms with Gasteiger partial charge >= 0.3 is 0 Å². The second-order valence-electron chi connectivity index (χ2n) is 9.38. The van der Waals surface area contributed by atoms with Crippen molar-refractivity contribution in [3.63, 3.8) is 0 Å². The van der Waals surface area contributed by atoms with Gasteiger partial charge in [-0.15, -0.1) is 0 Å². The molecule has 6 aromatic rings. The lowest BCUT2D eigenvalue weighted by Gasteiger charge is -2.18. The summed E-state index contributed by atoms with van der Waals surface area (Å²) in [7, 11) is 0. The molecule has 4 N–H and O–H groups in total. The number of fused-ring (bicyclic) bond motifs is 2. The first-order valence-electron chi connectivity index (χ1n) is 12.5. The Morgan fingerprint density at radius 2 is 1.77 bits per heavy atom. The van der Waals surface area contributed by atoms with Crippen LogP contribution in [0, 0.1) is 6.92 Å². The monoisotopic (exact) mass is 515 g/mol. The van der Waals surface area contributed by atoms with E-state index in [4.69, 9.17) is 0 Å². The molecule has 3 aromatic heterocycles. The number of carbonyl (C=O) groups is 2. The molecule has 9 heteroatoms. The Labute approximate surface area is 223 Å². The van der Waals surface area contributed by atoms with Gasteiger partial charge in [-0.25, -0.2) is 9.97 Å². The molecule has 3 heterocycles. The van der Waals surface area contributed by atoms with E-state index < -0.39 is 6.04 Å². The zero-order valence-electron chi connectivity index (χ0n) is 21.1. The summed E-state index contributed by atoms with van der Waals surface area (Å²) >= 11 is 0. The number of benzene rings is 3. The van der Waals surface area contributed by atoms with Crippen LogP contribution >= 0.6 is 0 Å². The lowest BCUT2D eigenvalue weighted by Crippen LogP contribution is -2.45. The third-order valence-corrected chi connectivity index (χ3v) is 6.54. The van der Waals surface area contributed by atoms with Gasteiger partial charge in [-0.3, -0.25) is 19.9 Å². The summed E-state index contributed by atoms with van der Waals surface area (Å²) in [6, 6.07) is 22.2. The number of H-pyrrole nitrogens is 2. The first-order valence-corrected chi connectivity index (χ1v) is 12.5. The fourth-order valence-corrected chi connectivity index (χ4v) is 4.43. The number of aryl methyl sites for hydroxylation is 1. The molecule has 0 aliphatic heterocycles. The van der Waals surface area contributed by atoms with E-state index in [1.165, 1.54) is 0 Å². The minimum Gasteiger partial charge on any atom is -0.340 e. The number of amides is 2. The number of hydrogen-bond donors (Lipinski definition) is 4. The predicted octanol–water partition coefficient (Wildman–Crippen LogP) is 4.79. The molecule has 6 rings (SSSR count). The number of rotatable bonds is 7. The van der Waals surface area contributed by atoms with Crippen LogP contribution < -0.4 is 10.6 Å². The van der Waals surface area contributed by atoms with Gasteiger partial charge in [0, 0.05) is 36.0 Å². The first-order chi connectivity index (χ1) is 19.0. The predicted molar refractivity (Wildman–Crippen MR) is 150 cm³/mol. The largest absolute Gasteiger partial charge is 0.340 e. The van der Waals surface area contributed by atoms with E-state index in [1.54, 1.807) is 30.6 Å². The summed E-state index contributed by atoms with van der Waals surface area (Å²) in [6.07, 6.45) is 5.30. The molecule has 3 aromatic carbocycles. The summed E-state index contributed by atoms with van der Waals surface area (Å²) in [5, 5.41) is 7.74. The van der Waals surface area contributed by atoms with E-state index in [-0.39, 0.29) is 11.8 Å². The Hall–Kier alpha value is -5.31. The third kappa shape index (κ3) is 5.24. The fourth-order valence-electron chi connectivity index (χ4n) is 4.43. The minimum absolute atomic E-state index is 0.317. The van der Waals surface area contributed by atoms with Gasteiger partial charge in [0.25, 0.3) is 5.91 Å². The Morgan fingerprint density at radius 3 is 2.56 bits per heavy atom. The van der Waals surface area contributed by atoms with Crippen molar-refractivity contribution in [1.82, 2.24) is 30.2 Å². The SMILES string of the molecule is Cc1ccc(CC(NC(=O)c2ccc3nc(-c4cc5ccccc5cn4)[nH]c3c2)C(=O)Nc2ncc[nH]2)cc1. The number of anilines is 1. The summed E-state index contributed by atoms with van der Waals surface area (Å²) in [5.74, 6) is 0.190. The molecule has 0 saturated carbocycles. The Bertz CT molecular complexity index is 1790. The number of pyridine rings is 1. The highest BCUT2D eigenvalue weighted by Gasteiger charge is 2.23. The number of nitrogens with one attached hydrogen (secondary N) is 4. The van der Waals surface area contributed by atoms with Crippen LogP contribution in [-0.4, -0.2) is 42.8 Å². The highest BCUT2D eigenvalue weighted by Crippen LogP contribution is 2.23. The number of carbonyl (C=O) groups excluding carboxylic acids is 2. The summed E-state index contributed by atoms with van der Waals surface area (Å²) in [4.78, 5) is 45.8. The smallest absolute Gasteiger partial charge is 0.252 e. The standard InChI is InChI=1S/C30H25N7O2/c1-18-6-8-19(9-7-18)14-26(29(39)37-30-31-12-13-32-30)36-28(38)21-10-11-23-24(16-21)35-27(34-23)25-15-20-4-2-3-5-22(20)17-33-25/h2-13,15-17,26H,14H2,1H3,(H,34,35)(H,36,38)(H2,31,32,37,39). The summed E-state index contributed by atoms with van der Waals surface area (Å²) in [5.41, 5.74) is 4.57. The number of imidazole rings is 2. The molecule has 0 spiro atoms. The Morgan fingerprint density at radius 1 is 0.949 bits per heavy atom. The molecule has 0 aliphatic carbocycles. The van der Waals surface area contributed by atoms with E-state index in [9.17, 15) is 9.59 Å². The number of nitrogens with zero attached hydrogens (tertiary/aromatic N) is 3. The zero-order valence-corrected chi connectivity index (χ0v) is 21.1. The van der Waals surface area contributed by atoms with Crippen LogP contribution in [0.25, 0.3) is 33.3 Å². The topological polar surface area (TPSA) is 128 Å². The maximum absolute atomic E-state index is 13.3. The number of aromatic nitrogens is 5. The van der Waals surface area contributed by atoms with Crippen LogP contribution in [0.15, 0.2) is 91.4 Å². The molecule has 1 atom stereocenters. The molecule has 0 aliphatic rings. The lowest BCUT2D eigenvalue weighted by molar-refractivity contribution is -0.118. The quantitative estimate of drug-likeness (QED) is 0.243. The van der Waals surface area contributed by atoms with Gasteiger partial charge < -0.3 is 15.3 Å². The lowest BCUT2D eigenvalue weighted by atomic mass is 10.0. The average molecular weight is 516 g/mol. The first kappa shape index (κ1) is 24.1. The molecule has 192 valence electrons. The van der Waals surface area contributed by atoms with E-state index in [2.05, 4.69) is 35.6 Å². The van der Waals surface area contributed by atoms with Crippen molar-refractivity contribution in [2.75, 3.05) is 5.32 Å². The van der Waals surface area contributed by atoms with Crippen LogP contribution in [-0.2, 0) is 11.2 Å². The van der Waals surface area contributed by atoms with E-state index in [0.717, 1.165) is 21.9 Å². The second-order valence-corrected chi connectivity index (χ2v) is 9.38. The summed E-state index contributed by atoms with van der Waals surface area (Å²) in [6.45, 7) is 2.00. The van der Waals surface area contributed by atoms with Gasteiger partial charge in [0.1, 0.15) is 11.7 Å². The number of aromatic amines is 2. The molecule has 0 radical (unpaired) electrons. The molecule has 1 unspecified atom stereocenters. The van der Waals surface area contributed by atoms with Crippen LogP contribution in [0.3, 0.4) is 0 Å². The normalized spacial score (nSPS) is 11.9. The van der Waals surface area contributed by atoms with Gasteiger partial charge in [-0.05, 0) is 42.1 Å². The molecule has 0 bridgehead atoms. The molecule has 0 fully saturated rings. The zero-order chi connectivity index (χ0) is 26.8. The van der Waals surface area contributed by atoms with Crippen LogP contribution in [0.1, 0.15) is 21.5 Å². The van der Waals surface area contributed by atoms with Crippen molar-refractivity contribution in [1.29, 1.82) is 0 Å². The van der Waals surface area contributed by atoms with Crippen LogP contribution in [0.5, 0.6) is 0 Å². The summed E-state index contributed by atoms with van der Waals surface area (Å²) < 4.78 is 0. The van der Waals surface area contributed by atoms with Gasteiger partial charge in [0.05, 0.1) is 11.0 Å². The third-order valence-electron chi connectivity index (χ3n) is 6.54. The van der Waals surface area contributed by atoms with Crippen LogP contribution in [0.2, 0.25) is 0 Å². The maximum Gasteiger partial charge on any atom is 0.252 e. The molecular formula is C30H25N7O2. The molecule has 0 saturated heterocycles. The van der Waals surface area contributed by atoms with E-state index in [1.807, 2.05) is 67.7 Å². The highest BCUT2D eigenvalue weighted by atomic mass is 16.2. The average Bonchev–Trinajstić information content (AvgIpc) is 3.63. The van der Waals surface area contributed by atoms with Crippen LogP contribution in [0.4, 0.5) is 5.95 Å².